The summed E-state index contributed by atoms with van der Waals surface area (Å²) < 4.78 is 0. The van der Waals surface area contributed by atoms with Gasteiger partial charge in [0.15, 0.2) is 0 Å². The second-order valence-electron chi connectivity index (χ2n) is 5.62. The van der Waals surface area contributed by atoms with Gasteiger partial charge in [-0.25, -0.2) is 0 Å². The minimum Gasteiger partial charge on any atom is -0.335 e. The van der Waals surface area contributed by atoms with Crippen LogP contribution < -0.4 is 0 Å². The van der Waals surface area contributed by atoms with Gasteiger partial charge in [0.2, 0.25) is 11.8 Å². The lowest BCUT2D eigenvalue weighted by Crippen LogP contribution is -2.49. The molecule has 1 unspecified atom stereocenters. The summed E-state index contributed by atoms with van der Waals surface area (Å²) in [6.45, 7) is 4.03. The summed E-state index contributed by atoms with van der Waals surface area (Å²) >= 11 is 1.73. The summed E-state index contributed by atoms with van der Waals surface area (Å²) in [4.78, 5) is 31.0. The number of carbonyl (C=O) groups is 2. The number of rotatable bonds is 2. The Hall–Kier alpha value is -1.36. The zero-order valence-corrected chi connectivity index (χ0v) is 12.6. The molecule has 108 valence electrons. The molecule has 0 bridgehead atoms. The van der Waals surface area contributed by atoms with E-state index in [4.69, 9.17) is 0 Å². The number of nitrogens with zero attached hydrogens (tertiary/aromatic N) is 2. The predicted octanol–water partition coefficient (Wildman–Crippen LogP) is 2.17. The first-order chi connectivity index (χ1) is 9.65. The molecule has 2 aliphatic heterocycles. The zero-order valence-electron chi connectivity index (χ0n) is 11.8. The highest BCUT2D eigenvalue weighted by Gasteiger charge is 2.37. The molecule has 2 saturated heterocycles. The van der Waals surface area contributed by atoms with Crippen molar-refractivity contribution in [3.8, 4) is 0 Å². The molecule has 2 amide bonds. The highest BCUT2D eigenvalue weighted by Crippen LogP contribution is 2.25. The molecule has 0 radical (unpaired) electrons. The van der Waals surface area contributed by atoms with E-state index in [9.17, 15) is 9.59 Å². The molecule has 1 aromatic rings. The summed E-state index contributed by atoms with van der Waals surface area (Å²) in [6, 6.07) is 3.96. The molecule has 0 saturated carbocycles. The molecule has 20 heavy (non-hydrogen) atoms. The first kappa shape index (κ1) is 13.6. The molecule has 5 heteroatoms. The fraction of sp³-hybridized carbons (Fsp3) is 0.600. The van der Waals surface area contributed by atoms with Gasteiger partial charge in [0.1, 0.15) is 6.04 Å². The van der Waals surface area contributed by atoms with Crippen LogP contribution in [0.3, 0.4) is 0 Å². The molecule has 1 atom stereocenters. The summed E-state index contributed by atoms with van der Waals surface area (Å²) in [5.74, 6) is 0.287. The highest BCUT2D eigenvalue weighted by atomic mass is 32.1. The molecule has 0 aromatic carbocycles. The number of fused-ring (bicyclic) bond motifs is 1. The Labute approximate surface area is 123 Å². The predicted molar refractivity (Wildman–Crippen MR) is 78.4 cm³/mol. The van der Waals surface area contributed by atoms with Crippen LogP contribution in [0, 0.1) is 6.92 Å². The van der Waals surface area contributed by atoms with E-state index in [0.29, 0.717) is 19.5 Å². The smallest absolute Gasteiger partial charge is 0.245 e. The van der Waals surface area contributed by atoms with E-state index in [1.807, 2.05) is 9.80 Å². The molecule has 2 fully saturated rings. The largest absolute Gasteiger partial charge is 0.335 e. The lowest BCUT2D eigenvalue weighted by molar-refractivity contribution is -0.143. The topological polar surface area (TPSA) is 40.6 Å². The summed E-state index contributed by atoms with van der Waals surface area (Å²) in [7, 11) is 0. The van der Waals surface area contributed by atoms with Crippen molar-refractivity contribution in [1.29, 1.82) is 0 Å². The molecule has 3 heterocycles. The second kappa shape index (κ2) is 5.56. The number of hydrogen-bond donors (Lipinski definition) is 0. The van der Waals surface area contributed by atoms with Gasteiger partial charge in [-0.3, -0.25) is 9.59 Å². The lowest BCUT2D eigenvalue weighted by atomic mass is 10.0. The van der Waals surface area contributed by atoms with Crippen LogP contribution in [0.2, 0.25) is 0 Å². The van der Waals surface area contributed by atoms with Crippen LogP contribution >= 0.6 is 11.3 Å². The van der Waals surface area contributed by atoms with Crippen LogP contribution in [0.4, 0.5) is 0 Å². The Morgan fingerprint density at radius 2 is 2.10 bits per heavy atom. The fourth-order valence-corrected chi connectivity index (χ4v) is 4.00. The maximum atomic E-state index is 12.7. The zero-order chi connectivity index (χ0) is 14.1. The SMILES string of the molecule is Cc1ccc(CN2CCC(=O)N3CCCCC3C2=O)s1. The first-order valence-electron chi connectivity index (χ1n) is 7.29. The fourth-order valence-electron chi connectivity index (χ4n) is 3.10. The van der Waals surface area contributed by atoms with E-state index < -0.39 is 0 Å². The van der Waals surface area contributed by atoms with E-state index in [1.165, 1.54) is 9.75 Å². The molecule has 0 aliphatic carbocycles. The van der Waals surface area contributed by atoms with Crippen LogP contribution in [-0.2, 0) is 16.1 Å². The van der Waals surface area contributed by atoms with Gasteiger partial charge in [0.05, 0.1) is 6.54 Å². The van der Waals surface area contributed by atoms with Crippen LogP contribution in [0.1, 0.15) is 35.4 Å². The number of thiophene rings is 1. The number of aryl methyl sites for hydroxylation is 1. The van der Waals surface area contributed by atoms with Crippen molar-refractivity contribution in [3.63, 3.8) is 0 Å². The summed E-state index contributed by atoms with van der Waals surface area (Å²) in [5.41, 5.74) is 0. The third-order valence-electron chi connectivity index (χ3n) is 4.16. The quantitative estimate of drug-likeness (QED) is 0.838. The number of hydrogen-bond acceptors (Lipinski definition) is 3. The summed E-state index contributed by atoms with van der Waals surface area (Å²) in [5, 5.41) is 0. The maximum Gasteiger partial charge on any atom is 0.245 e. The minimum absolute atomic E-state index is 0.140. The normalized spacial score (nSPS) is 23.8. The van der Waals surface area contributed by atoms with Crippen molar-refractivity contribution in [2.75, 3.05) is 13.1 Å². The monoisotopic (exact) mass is 292 g/mol. The van der Waals surface area contributed by atoms with Gasteiger partial charge in [-0.2, -0.15) is 0 Å². The maximum absolute atomic E-state index is 12.7. The summed E-state index contributed by atoms with van der Waals surface area (Å²) in [6.07, 6.45) is 3.36. The molecular formula is C15H20N2O2S. The van der Waals surface area contributed by atoms with Gasteiger partial charge in [0.25, 0.3) is 0 Å². The highest BCUT2D eigenvalue weighted by molar-refractivity contribution is 7.11. The van der Waals surface area contributed by atoms with Gasteiger partial charge in [-0.1, -0.05) is 0 Å². The molecule has 2 aliphatic rings. The Morgan fingerprint density at radius 1 is 1.25 bits per heavy atom. The second-order valence-corrected chi connectivity index (χ2v) is 6.99. The number of piperidine rings is 1. The van der Waals surface area contributed by atoms with Crippen molar-refractivity contribution in [1.82, 2.24) is 9.80 Å². The van der Waals surface area contributed by atoms with Crippen molar-refractivity contribution in [2.45, 2.75) is 45.2 Å². The third-order valence-corrected chi connectivity index (χ3v) is 5.14. The van der Waals surface area contributed by atoms with Crippen LogP contribution in [0.15, 0.2) is 12.1 Å². The molecular weight excluding hydrogens is 272 g/mol. The van der Waals surface area contributed by atoms with E-state index in [1.54, 1.807) is 11.3 Å². The van der Waals surface area contributed by atoms with E-state index in [-0.39, 0.29) is 17.9 Å². The van der Waals surface area contributed by atoms with Gasteiger partial charge >= 0.3 is 0 Å². The van der Waals surface area contributed by atoms with E-state index in [0.717, 1.165) is 25.8 Å². The van der Waals surface area contributed by atoms with Crippen molar-refractivity contribution < 1.29 is 9.59 Å². The Balaban J connectivity index is 1.78. The molecule has 1 aromatic heterocycles. The van der Waals surface area contributed by atoms with E-state index >= 15 is 0 Å². The standard InChI is InChI=1S/C15H20N2O2S/c1-11-5-6-12(20-11)10-16-9-7-14(18)17-8-3-2-4-13(17)15(16)19/h5-6,13H,2-4,7-10H2,1H3. The van der Waals surface area contributed by atoms with Crippen molar-refractivity contribution in [3.05, 3.63) is 21.9 Å². The molecule has 0 N–H and O–H groups in total. The van der Waals surface area contributed by atoms with E-state index in [2.05, 4.69) is 19.1 Å². The van der Waals surface area contributed by atoms with Crippen molar-refractivity contribution >= 4 is 23.2 Å². The molecule has 3 rings (SSSR count). The number of amides is 2. The van der Waals surface area contributed by atoms with Crippen molar-refractivity contribution in [2.24, 2.45) is 0 Å². The van der Waals surface area contributed by atoms with Crippen LogP contribution in [0.25, 0.3) is 0 Å². The average molecular weight is 292 g/mol. The number of carbonyl (C=O) groups excluding carboxylic acids is 2. The Bertz CT molecular complexity index is 526. The molecule has 0 spiro atoms. The van der Waals surface area contributed by atoms with Gasteiger partial charge in [-0.05, 0) is 38.3 Å². The van der Waals surface area contributed by atoms with Gasteiger partial charge in [0, 0.05) is 29.3 Å². The van der Waals surface area contributed by atoms with Crippen LogP contribution in [0.5, 0.6) is 0 Å². The lowest BCUT2D eigenvalue weighted by Gasteiger charge is -2.34. The third kappa shape index (κ3) is 2.59. The van der Waals surface area contributed by atoms with Crippen LogP contribution in [-0.4, -0.2) is 40.7 Å². The Morgan fingerprint density at radius 3 is 2.85 bits per heavy atom. The van der Waals surface area contributed by atoms with Gasteiger partial charge in [-0.15, -0.1) is 11.3 Å². The average Bonchev–Trinajstić information content (AvgIpc) is 2.82. The van der Waals surface area contributed by atoms with Gasteiger partial charge < -0.3 is 9.80 Å². The molecule has 4 nitrogen and oxygen atoms in total. The Kier molecular flexibility index (Phi) is 3.78. The minimum atomic E-state index is -0.209. The first-order valence-corrected chi connectivity index (χ1v) is 8.10.